The lowest BCUT2D eigenvalue weighted by Crippen LogP contribution is -2.34. The summed E-state index contributed by atoms with van der Waals surface area (Å²) in [4.78, 5) is 25.5. The van der Waals surface area contributed by atoms with E-state index in [0.717, 1.165) is 19.3 Å². The van der Waals surface area contributed by atoms with Crippen LogP contribution in [-0.2, 0) is 14.3 Å². The number of amides is 2. The van der Waals surface area contributed by atoms with Crippen molar-refractivity contribution in [1.82, 2.24) is 4.90 Å². The monoisotopic (exact) mass is 209 g/mol. The molecule has 0 N–H and O–H groups in total. The van der Waals surface area contributed by atoms with Crippen LogP contribution in [0.1, 0.15) is 26.2 Å². The van der Waals surface area contributed by atoms with Crippen LogP contribution in [0.15, 0.2) is 0 Å². The number of nitrogens with zero attached hydrogens (tertiary/aromatic N) is 1. The second-order valence-corrected chi connectivity index (χ2v) is 4.67. The zero-order valence-corrected chi connectivity index (χ0v) is 8.81. The molecule has 3 heterocycles. The Morgan fingerprint density at radius 2 is 1.73 bits per heavy atom. The Morgan fingerprint density at radius 3 is 2.20 bits per heavy atom. The molecule has 0 aliphatic carbocycles. The predicted molar refractivity (Wildman–Crippen MR) is 51.9 cm³/mol. The number of hydrogen-bond donors (Lipinski definition) is 0. The number of fused-ring (bicyclic) bond motifs is 5. The van der Waals surface area contributed by atoms with Gasteiger partial charge in [-0.05, 0) is 19.3 Å². The van der Waals surface area contributed by atoms with E-state index in [9.17, 15) is 9.59 Å². The summed E-state index contributed by atoms with van der Waals surface area (Å²) in [5, 5.41) is 0. The van der Waals surface area contributed by atoms with Crippen LogP contribution in [0.4, 0.5) is 0 Å². The molecular formula is C11H15NO3. The molecule has 2 unspecified atom stereocenters. The first-order valence-electron chi connectivity index (χ1n) is 5.74. The molecule has 3 saturated heterocycles. The van der Waals surface area contributed by atoms with Gasteiger partial charge in [0.1, 0.15) is 0 Å². The summed E-state index contributed by atoms with van der Waals surface area (Å²) in [6.07, 6.45) is 2.79. The van der Waals surface area contributed by atoms with E-state index in [1.807, 2.05) is 6.92 Å². The van der Waals surface area contributed by atoms with E-state index < -0.39 is 0 Å². The Hall–Kier alpha value is -0.900. The van der Waals surface area contributed by atoms with Gasteiger partial charge in [-0.2, -0.15) is 0 Å². The number of likely N-dealkylation sites (tertiary alicyclic amines) is 1. The van der Waals surface area contributed by atoms with E-state index in [1.54, 1.807) is 0 Å². The van der Waals surface area contributed by atoms with Crippen LogP contribution in [0.2, 0.25) is 0 Å². The number of hydrogen-bond acceptors (Lipinski definition) is 3. The summed E-state index contributed by atoms with van der Waals surface area (Å²) in [6.45, 7) is 2.56. The van der Waals surface area contributed by atoms with E-state index in [-0.39, 0.29) is 35.9 Å². The molecule has 3 fully saturated rings. The zero-order chi connectivity index (χ0) is 10.6. The van der Waals surface area contributed by atoms with Gasteiger partial charge in [0.15, 0.2) is 0 Å². The molecule has 0 radical (unpaired) electrons. The first-order valence-corrected chi connectivity index (χ1v) is 5.74. The average Bonchev–Trinajstić information content (AvgIpc) is 2.87. The van der Waals surface area contributed by atoms with Crippen LogP contribution in [0.3, 0.4) is 0 Å². The van der Waals surface area contributed by atoms with Gasteiger partial charge in [0.05, 0.1) is 24.0 Å². The summed E-state index contributed by atoms with van der Waals surface area (Å²) in [5.74, 6) is -0.274. The highest BCUT2D eigenvalue weighted by Gasteiger charge is 2.61. The lowest BCUT2D eigenvalue weighted by atomic mass is 9.81. The fourth-order valence-electron chi connectivity index (χ4n) is 3.22. The minimum absolute atomic E-state index is 0.0130. The molecule has 4 heteroatoms. The van der Waals surface area contributed by atoms with Crippen LogP contribution >= 0.6 is 0 Å². The maximum atomic E-state index is 12.0. The zero-order valence-electron chi connectivity index (χ0n) is 8.81. The van der Waals surface area contributed by atoms with Crippen molar-refractivity contribution < 1.29 is 14.3 Å². The van der Waals surface area contributed by atoms with Gasteiger partial charge >= 0.3 is 0 Å². The normalized spacial score (nSPS) is 42.9. The van der Waals surface area contributed by atoms with Gasteiger partial charge < -0.3 is 4.74 Å². The summed E-state index contributed by atoms with van der Waals surface area (Å²) >= 11 is 0. The summed E-state index contributed by atoms with van der Waals surface area (Å²) in [7, 11) is 0. The lowest BCUT2D eigenvalue weighted by molar-refractivity contribution is -0.142. The molecule has 2 bridgehead atoms. The molecule has 2 amide bonds. The molecule has 82 valence electrons. The quantitative estimate of drug-likeness (QED) is 0.624. The van der Waals surface area contributed by atoms with Crippen molar-refractivity contribution in [2.24, 2.45) is 11.8 Å². The minimum atomic E-state index is -0.150. The maximum absolute atomic E-state index is 12.0. The molecule has 3 rings (SSSR count). The molecule has 0 saturated carbocycles. The highest BCUT2D eigenvalue weighted by molar-refractivity contribution is 6.06. The summed E-state index contributed by atoms with van der Waals surface area (Å²) < 4.78 is 5.64. The SMILES string of the molecule is CCCN1C(=O)[C@@H]2C3CCC(O3)[C@@H]2C1=O. The maximum Gasteiger partial charge on any atom is 0.235 e. The highest BCUT2D eigenvalue weighted by atomic mass is 16.5. The molecule has 3 aliphatic heterocycles. The van der Waals surface area contributed by atoms with Crippen molar-refractivity contribution in [3.8, 4) is 0 Å². The molecule has 0 aromatic rings. The molecule has 4 atom stereocenters. The van der Waals surface area contributed by atoms with Crippen LogP contribution < -0.4 is 0 Å². The third-order valence-corrected chi connectivity index (χ3v) is 3.82. The highest BCUT2D eigenvalue weighted by Crippen LogP contribution is 2.48. The van der Waals surface area contributed by atoms with Crippen LogP contribution in [-0.4, -0.2) is 35.5 Å². The van der Waals surface area contributed by atoms with Gasteiger partial charge in [-0.25, -0.2) is 0 Å². The Labute approximate surface area is 88.6 Å². The third kappa shape index (κ3) is 1.06. The lowest BCUT2D eigenvalue weighted by Gasteiger charge is -2.15. The van der Waals surface area contributed by atoms with Crippen LogP contribution in [0.25, 0.3) is 0 Å². The van der Waals surface area contributed by atoms with E-state index in [4.69, 9.17) is 4.74 Å². The van der Waals surface area contributed by atoms with Crippen LogP contribution in [0, 0.1) is 11.8 Å². The molecule has 0 aromatic carbocycles. The van der Waals surface area contributed by atoms with Gasteiger partial charge in [0.25, 0.3) is 0 Å². The molecule has 4 nitrogen and oxygen atoms in total. The van der Waals surface area contributed by atoms with Gasteiger partial charge in [0.2, 0.25) is 11.8 Å². The first kappa shape index (κ1) is 9.33. The molecular weight excluding hydrogens is 194 g/mol. The third-order valence-electron chi connectivity index (χ3n) is 3.82. The molecule has 3 aliphatic rings. The second-order valence-electron chi connectivity index (χ2n) is 4.67. The fraction of sp³-hybridized carbons (Fsp3) is 0.818. The van der Waals surface area contributed by atoms with Gasteiger partial charge in [-0.1, -0.05) is 6.92 Å². The van der Waals surface area contributed by atoms with Gasteiger partial charge in [-0.15, -0.1) is 0 Å². The number of rotatable bonds is 2. The largest absolute Gasteiger partial charge is 0.373 e. The number of imide groups is 1. The Balaban J connectivity index is 1.90. The topological polar surface area (TPSA) is 46.6 Å². The van der Waals surface area contributed by atoms with Crippen molar-refractivity contribution in [2.75, 3.05) is 6.54 Å². The smallest absolute Gasteiger partial charge is 0.235 e. The van der Waals surface area contributed by atoms with Crippen LogP contribution in [0.5, 0.6) is 0 Å². The second kappa shape index (κ2) is 3.04. The Bertz CT molecular complexity index is 300. The molecule has 0 spiro atoms. The van der Waals surface area contributed by atoms with Crippen molar-refractivity contribution in [3.63, 3.8) is 0 Å². The van der Waals surface area contributed by atoms with E-state index in [0.29, 0.717) is 6.54 Å². The fourth-order valence-corrected chi connectivity index (χ4v) is 3.22. The number of ether oxygens (including phenoxy) is 1. The van der Waals surface area contributed by atoms with Gasteiger partial charge in [-0.3, -0.25) is 14.5 Å². The van der Waals surface area contributed by atoms with E-state index >= 15 is 0 Å². The minimum Gasteiger partial charge on any atom is -0.373 e. The van der Waals surface area contributed by atoms with Crippen molar-refractivity contribution in [2.45, 2.75) is 38.4 Å². The number of carbonyl (C=O) groups excluding carboxylic acids is 2. The van der Waals surface area contributed by atoms with Crippen molar-refractivity contribution in [1.29, 1.82) is 0 Å². The van der Waals surface area contributed by atoms with Crippen molar-refractivity contribution in [3.05, 3.63) is 0 Å². The molecule has 0 aromatic heterocycles. The standard InChI is InChI=1S/C11H15NO3/c1-2-5-12-10(13)8-6-3-4-7(15-6)9(8)11(12)14/h6-9H,2-5H2,1H3/t6?,7?,8-,9+. The van der Waals surface area contributed by atoms with E-state index in [1.165, 1.54) is 4.90 Å². The average molecular weight is 209 g/mol. The van der Waals surface area contributed by atoms with Gasteiger partial charge in [0, 0.05) is 6.54 Å². The molecule has 15 heavy (non-hydrogen) atoms. The Kier molecular flexibility index (Phi) is 1.89. The Morgan fingerprint density at radius 1 is 1.20 bits per heavy atom. The number of carbonyl (C=O) groups is 2. The predicted octanol–water partition coefficient (Wildman–Crippen LogP) is 0.559. The first-order chi connectivity index (χ1) is 7.24. The summed E-state index contributed by atoms with van der Waals surface area (Å²) in [6, 6.07) is 0. The van der Waals surface area contributed by atoms with E-state index in [2.05, 4.69) is 0 Å². The summed E-state index contributed by atoms with van der Waals surface area (Å²) in [5.41, 5.74) is 0. The van der Waals surface area contributed by atoms with Crippen molar-refractivity contribution >= 4 is 11.8 Å².